The number of nitrogens with one attached hydrogen (secondary N) is 2. The fourth-order valence-electron chi connectivity index (χ4n) is 4.94. The Kier molecular flexibility index (Phi) is 7.26. The molecule has 0 aliphatic heterocycles. The summed E-state index contributed by atoms with van der Waals surface area (Å²) in [5, 5.41) is 44.9. The van der Waals surface area contributed by atoms with Crippen molar-refractivity contribution < 1.29 is 8.78 Å². The second kappa shape index (κ2) is 10.7. The Morgan fingerprint density at radius 2 is 1.79 bits per heavy atom. The second-order valence-electron chi connectivity index (χ2n) is 11.9. The van der Waals surface area contributed by atoms with Crippen molar-refractivity contribution in [2.45, 2.75) is 58.5 Å². The van der Waals surface area contributed by atoms with Gasteiger partial charge in [0.05, 0.1) is 58.0 Å². The number of hydrogen-bond acceptors (Lipinski definition) is 8. The highest BCUT2D eigenvalue weighted by molar-refractivity contribution is 6.01. The highest BCUT2D eigenvalue weighted by Crippen LogP contribution is 2.48. The van der Waals surface area contributed by atoms with Crippen LogP contribution in [-0.4, -0.2) is 32.9 Å². The number of nitriles is 3. The van der Waals surface area contributed by atoms with Crippen molar-refractivity contribution in [3.8, 4) is 18.2 Å². The van der Waals surface area contributed by atoms with Crippen LogP contribution in [0.15, 0.2) is 42.7 Å². The van der Waals surface area contributed by atoms with Gasteiger partial charge in [-0.2, -0.15) is 15.8 Å². The van der Waals surface area contributed by atoms with E-state index in [2.05, 4.69) is 64.9 Å². The molecule has 2 aromatic heterocycles. The zero-order valence-corrected chi connectivity index (χ0v) is 23.7. The first kappa shape index (κ1) is 28.4. The third-order valence-electron chi connectivity index (χ3n) is 7.46. The normalized spacial score (nSPS) is 14.6. The molecule has 1 aliphatic carbocycles. The summed E-state index contributed by atoms with van der Waals surface area (Å²) < 4.78 is 29.0. The van der Waals surface area contributed by atoms with Crippen molar-refractivity contribution in [1.82, 2.24) is 20.0 Å². The molecule has 11 heteroatoms. The molecule has 0 amide bonds. The molecule has 1 saturated carbocycles. The van der Waals surface area contributed by atoms with Crippen LogP contribution in [0.1, 0.15) is 73.2 Å². The standard InChI is InChI=1S/C31H29F2N9/c1-18-9-19(12-34)5-6-22(18)28(25-16-42(41-40-25)31(7-8-31)29(32)33)39-24-11-20(13-35)10-23-26(38-17-30(2,3)4)21(14-36)15-37-27(23)24/h5-6,9-11,15-16,28-29,39H,7-8,17H2,1-4H3,(H,37,38)/t28-/m0/s1. The SMILES string of the molecule is Cc1cc(C#N)ccc1[C@H](Nc1cc(C#N)cc2c(NCC(C)(C)C)c(C#N)cnc12)c1cn(C2(C(F)F)CC2)nn1. The molecule has 0 bridgehead atoms. The van der Waals surface area contributed by atoms with Crippen molar-refractivity contribution in [2.75, 3.05) is 17.2 Å². The highest BCUT2D eigenvalue weighted by Gasteiger charge is 2.54. The van der Waals surface area contributed by atoms with Gasteiger partial charge in [-0.1, -0.05) is 32.1 Å². The summed E-state index contributed by atoms with van der Waals surface area (Å²) >= 11 is 0. The van der Waals surface area contributed by atoms with E-state index in [1.165, 1.54) is 17.1 Å². The molecule has 0 saturated heterocycles. The number of benzene rings is 2. The Morgan fingerprint density at radius 1 is 1.05 bits per heavy atom. The van der Waals surface area contributed by atoms with E-state index in [9.17, 15) is 24.6 Å². The van der Waals surface area contributed by atoms with Crippen LogP contribution in [0.3, 0.4) is 0 Å². The van der Waals surface area contributed by atoms with Crippen LogP contribution in [0.2, 0.25) is 0 Å². The van der Waals surface area contributed by atoms with E-state index in [1.807, 2.05) is 6.92 Å². The number of nitrogens with zero attached hydrogens (tertiary/aromatic N) is 7. The summed E-state index contributed by atoms with van der Waals surface area (Å²) in [6.45, 7) is 8.64. The molecular weight excluding hydrogens is 536 g/mol. The van der Waals surface area contributed by atoms with Gasteiger partial charge in [-0.25, -0.2) is 13.5 Å². The smallest absolute Gasteiger partial charge is 0.263 e. The Balaban J connectivity index is 1.67. The van der Waals surface area contributed by atoms with E-state index >= 15 is 0 Å². The number of aryl methyl sites for hydroxylation is 1. The van der Waals surface area contributed by atoms with Crippen LogP contribution in [-0.2, 0) is 5.54 Å². The maximum atomic E-state index is 13.9. The van der Waals surface area contributed by atoms with E-state index < -0.39 is 18.0 Å². The van der Waals surface area contributed by atoms with E-state index in [1.54, 1.807) is 30.3 Å². The zero-order chi connectivity index (χ0) is 30.2. The molecule has 1 fully saturated rings. The summed E-state index contributed by atoms with van der Waals surface area (Å²) in [7, 11) is 0. The quantitative estimate of drug-likeness (QED) is 0.259. The summed E-state index contributed by atoms with van der Waals surface area (Å²) in [5.41, 5.74) is 3.22. The van der Waals surface area contributed by atoms with Gasteiger partial charge in [0.1, 0.15) is 17.3 Å². The predicted molar refractivity (Wildman–Crippen MR) is 154 cm³/mol. The lowest BCUT2D eigenvalue weighted by molar-refractivity contribution is 0.0593. The van der Waals surface area contributed by atoms with Gasteiger partial charge in [0.2, 0.25) is 0 Å². The molecule has 0 radical (unpaired) electrons. The van der Waals surface area contributed by atoms with Gasteiger partial charge in [-0.15, -0.1) is 5.10 Å². The third kappa shape index (κ3) is 5.32. The number of anilines is 2. The Labute approximate surface area is 242 Å². The van der Waals surface area contributed by atoms with E-state index in [-0.39, 0.29) is 5.41 Å². The van der Waals surface area contributed by atoms with Gasteiger partial charge in [-0.3, -0.25) is 4.98 Å². The molecule has 2 N–H and O–H groups in total. The number of aromatic nitrogens is 4. The van der Waals surface area contributed by atoms with E-state index in [0.29, 0.717) is 64.0 Å². The third-order valence-corrected chi connectivity index (χ3v) is 7.46. The van der Waals surface area contributed by atoms with Crippen LogP contribution in [0.5, 0.6) is 0 Å². The molecule has 0 unspecified atom stereocenters. The van der Waals surface area contributed by atoms with Gasteiger partial charge >= 0.3 is 0 Å². The fraction of sp³-hybridized carbons (Fsp3) is 0.355. The minimum atomic E-state index is -2.58. The maximum Gasteiger partial charge on any atom is 0.263 e. The Bertz CT molecular complexity index is 1790. The Morgan fingerprint density at radius 3 is 2.38 bits per heavy atom. The molecule has 9 nitrogen and oxygen atoms in total. The predicted octanol–water partition coefficient (Wildman–Crippen LogP) is 6.16. The molecule has 2 aromatic carbocycles. The highest BCUT2D eigenvalue weighted by atomic mass is 19.3. The number of fused-ring (bicyclic) bond motifs is 1. The lowest BCUT2D eigenvalue weighted by Crippen LogP contribution is -2.26. The number of hydrogen-bond donors (Lipinski definition) is 2. The molecule has 5 rings (SSSR count). The second-order valence-corrected chi connectivity index (χ2v) is 11.9. The summed E-state index contributed by atoms with van der Waals surface area (Å²) in [6, 6.07) is 14.4. The Hall–Kier alpha value is -5.08. The molecule has 4 aromatic rings. The van der Waals surface area contributed by atoms with E-state index in [4.69, 9.17) is 0 Å². The van der Waals surface area contributed by atoms with Crippen LogP contribution in [0.25, 0.3) is 10.9 Å². The molecule has 1 atom stereocenters. The molecule has 212 valence electrons. The topological polar surface area (TPSA) is 139 Å². The van der Waals surface area contributed by atoms with Crippen molar-refractivity contribution in [2.24, 2.45) is 5.41 Å². The van der Waals surface area contributed by atoms with Gasteiger partial charge in [0, 0.05) is 18.1 Å². The zero-order valence-electron chi connectivity index (χ0n) is 23.7. The average Bonchev–Trinajstić information content (AvgIpc) is 3.64. The first-order valence-corrected chi connectivity index (χ1v) is 13.5. The lowest BCUT2D eigenvalue weighted by Gasteiger charge is -2.23. The van der Waals surface area contributed by atoms with Crippen molar-refractivity contribution in [3.05, 3.63) is 76.2 Å². The number of alkyl halides is 2. The first-order chi connectivity index (χ1) is 20.0. The van der Waals surface area contributed by atoms with Crippen molar-refractivity contribution in [3.63, 3.8) is 0 Å². The van der Waals surface area contributed by atoms with Crippen molar-refractivity contribution in [1.29, 1.82) is 15.8 Å². The molecule has 0 spiro atoms. The van der Waals surface area contributed by atoms with Crippen LogP contribution < -0.4 is 10.6 Å². The lowest BCUT2D eigenvalue weighted by atomic mass is 9.95. The number of rotatable bonds is 8. The molecular formula is C31H29F2N9. The largest absolute Gasteiger partial charge is 0.383 e. The number of halogens is 2. The van der Waals surface area contributed by atoms with Crippen LogP contribution in [0, 0.1) is 46.3 Å². The summed E-state index contributed by atoms with van der Waals surface area (Å²) in [6.07, 6.45) is 1.06. The first-order valence-electron chi connectivity index (χ1n) is 13.5. The summed E-state index contributed by atoms with van der Waals surface area (Å²) in [4.78, 5) is 4.58. The van der Waals surface area contributed by atoms with Gasteiger partial charge in [-0.05, 0) is 60.6 Å². The van der Waals surface area contributed by atoms with Crippen LogP contribution >= 0.6 is 0 Å². The maximum absolute atomic E-state index is 13.9. The fourth-order valence-corrected chi connectivity index (χ4v) is 4.94. The average molecular weight is 566 g/mol. The van der Waals surface area contributed by atoms with Crippen molar-refractivity contribution >= 4 is 22.3 Å². The molecule has 42 heavy (non-hydrogen) atoms. The number of pyridine rings is 1. The summed E-state index contributed by atoms with van der Waals surface area (Å²) in [5.74, 6) is 0. The molecule has 2 heterocycles. The molecule has 1 aliphatic rings. The van der Waals surface area contributed by atoms with Crippen LogP contribution in [0.4, 0.5) is 20.2 Å². The monoisotopic (exact) mass is 565 g/mol. The van der Waals surface area contributed by atoms with E-state index in [0.717, 1.165) is 11.1 Å². The minimum Gasteiger partial charge on any atom is -0.383 e. The minimum absolute atomic E-state index is 0.0859. The van der Waals surface area contributed by atoms with Gasteiger partial charge < -0.3 is 10.6 Å². The van der Waals surface area contributed by atoms with Gasteiger partial charge in [0.15, 0.2) is 0 Å². The van der Waals surface area contributed by atoms with Gasteiger partial charge in [0.25, 0.3) is 6.43 Å².